The molecule has 180 valence electrons. The Morgan fingerprint density at radius 2 is 1.69 bits per heavy atom. The van der Waals surface area contributed by atoms with Gasteiger partial charge in [-0.25, -0.2) is 4.98 Å². The first-order valence-electron chi connectivity index (χ1n) is 12.2. The van der Waals surface area contributed by atoms with Gasteiger partial charge in [0.1, 0.15) is 5.82 Å². The van der Waals surface area contributed by atoms with Crippen molar-refractivity contribution in [3.63, 3.8) is 0 Å². The van der Waals surface area contributed by atoms with Gasteiger partial charge in [0.2, 0.25) is 5.91 Å². The van der Waals surface area contributed by atoms with Crippen molar-refractivity contribution in [3.05, 3.63) is 84.4 Å². The summed E-state index contributed by atoms with van der Waals surface area (Å²) >= 11 is -1.33. The molecule has 1 fully saturated rings. The van der Waals surface area contributed by atoms with E-state index in [9.17, 15) is 9.35 Å². The van der Waals surface area contributed by atoms with Crippen molar-refractivity contribution in [3.8, 4) is 11.4 Å². The average molecular weight is 487 g/mol. The Hall–Kier alpha value is -3.13. The van der Waals surface area contributed by atoms with Crippen molar-refractivity contribution in [2.45, 2.75) is 49.6 Å². The molecule has 0 aliphatic heterocycles. The fourth-order valence-corrected chi connectivity index (χ4v) is 5.77. The second-order valence-electron chi connectivity index (χ2n) is 9.21. The van der Waals surface area contributed by atoms with Crippen molar-refractivity contribution in [1.29, 1.82) is 0 Å². The summed E-state index contributed by atoms with van der Waals surface area (Å²) in [5.74, 6) is 0.915. The largest absolute Gasteiger partial charge is 0.593 e. The van der Waals surface area contributed by atoms with E-state index in [4.69, 9.17) is 0 Å². The minimum absolute atomic E-state index is 0.00413. The molecule has 35 heavy (non-hydrogen) atoms. The van der Waals surface area contributed by atoms with E-state index in [1.807, 2.05) is 85.8 Å². The number of hydrogen-bond acceptors (Lipinski definition) is 4. The maximum Gasteiger partial charge on any atom is 0.223 e. The third-order valence-electron chi connectivity index (χ3n) is 6.75. The second kappa shape index (κ2) is 10.6. The summed E-state index contributed by atoms with van der Waals surface area (Å²) in [6.45, 7) is 2.02. The van der Waals surface area contributed by atoms with Crippen LogP contribution in [-0.4, -0.2) is 26.5 Å². The molecule has 4 aromatic rings. The summed E-state index contributed by atoms with van der Waals surface area (Å²) < 4.78 is 16.3. The molecule has 0 saturated heterocycles. The number of carbonyl (C=O) groups is 1. The molecule has 1 aliphatic rings. The number of carbonyl (C=O) groups excluding carboxylic acids is 1. The van der Waals surface area contributed by atoms with E-state index in [-0.39, 0.29) is 23.9 Å². The molecule has 1 unspecified atom stereocenters. The molecule has 0 spiro atoms. The number of amides is 1. The number of aromatic nitrogens is 2. The zero-order valence-electron chi connectivity index (χ0n) is 19.7. The number of fused-ring (bicyclic) bond motifs is 1. The number of aromatic amines is 1. The fourth-order valence-electron chi connectivity index (χ4n) is 4.68. The van der Waals surface area contributed by atoms with Crippen LogP contribution in [0.2, 0.25) is 0 Å². The van der Waals surface area contributed by atoms with Crippen molar-refractivity contribution < 1.29 is 9.35 Å². The SMILES string of the molecule is C[C@@H](NC(=O)[C@H]1CC[C@H](N[S+]([O-])c2ccc3[nH]c(-c4ccccc4)nc3c2)CC1)c1ccccc1. The molecule has 3 aromatic carbocycles. The Morgan fingerprint density at radius 1 is 1.00 bits per heavy atom. The monoisotopic (exact) mass is 486 g/mol. The Balaban J connectivity index is 1.15. The molecule has 0 radical (unpaired) electrons. The van der Waals surface area contributed by atoms with Gasteiger partial charge in [-0.2, -0.15) is 0 Å². The van der Waals surface area contributed by atoms with Crippen molar-refractivity contribution in [1.82, 2.24) is 20.0 Å². The highest BCUT2D eigenvalue weighted by Crippen LogP contribution is 2.28. The first kappa shape index (κ1) is 23.6. The van der Waals surface area contributed by atoms with E-state index in [2.05, 4.69) is 20.0 Å². The van der Waals surface area contributed by atoms with Gasteiger partial charge in [0.15, 0.2) is 4.90 Å². The number of H-pyrrole nitrogens is 1. The minimum atomic E-state index is -1.33. The first-order chi connectivity index (χ1) is 17.1. The lowest BCUT2D eigenvalue weighted by Gasteiger charge is -2.29. The lowest BCUT2D eigenvalue weighted by molar-refractivity contribution is -0.126. The van der Waals surface area contributed by atoms with Gasteiger partial charge in [-0.15, -0.1) is 4.72 Å². The Morgan fingerprint density at radius 3 is 2.40 bits per heavy atom. The van der Waals surface area contributed by atoms with E-state index >= 15 is 0 Å². The molecule has 1 saturated carbocycles. The highest BCUT2D eigenvalue weighted by Gasteiger charge is 2.30. The van der Waals surface area contributed by atoms with E-state index in [1.54, 1.807) is 0 Å². The molecule has 0 bridgehead atoms. The van der Waals surface area contributed by atoms with Gasteiger partial charge in [0, 0.05) is 17.5 Å². The van der Waals surface area contributed by atoms with Crippen LogP contribution in [0.15, 0.2) is 83.8 Å². The summed E-state index contributed by atoms with van der Waals surface area (Å²) in [5, 5.41) is 3.15. The van der Waals surface area contributed by atoms with E-state index in [0.717, 1.165) is 53.7 Å². The summed E-state index contributed by atoms with van der Waals surface area (Å²) in [5.41, 5.74) is 3.84. The van der Waals surface area contributed by atoms with E-state index in [0.29, 0.717) is 4.90 Å². The first-order valence-corrected chi connectivity index (χ1v) is 13.3. The zero-order chi connectivity index (χ0) is 24.2. The summed E-state index contributed by atoms with van der Waals surface area (Å²) in [6.07, 6.45) is 3.24. The minimum Gasteiger partial charge on any atom is -0.593 e. The Labute approximate surface area is 208 Å². The molecular formula is C28H30N4O2S. The lowest BCUT2D eigenvalue weighted by Crippen LogP contribution is -2.41. The number of rotatable bonds is 7. The Kier molecular flexibility index (Phi) is 7.18. The summed E-state index contributed by atoms with van der Waals surface area (Å²) in [6, 6.07) is 25.8. The maximum atomic E-state index is 13.0. The van der Waals surface area contributed by atoms with Crippen molar-refractivity contribution >= 4 is 28.3 Å². The van der Waals surface area contributed by atoms with Crippen LogP contribution in [0.3, 0.4) is 0 Å². The number of benzene rings is 3. The predicted molar refractivity (Wildman–Crippen MR) is 140 cm³/mol. The number of imidazole rings is 1. The highest BCUT2D eigenvalue weighted by atomic mass is 32.2. The standard InChI is InChI=1S/C28H30N4O2S/c1-19(20-8-4-2-5-9-20)29-28(33)22-12-14-23(15-13-22)32-35(34)24-16-17-25-26(18-24)31-27(30-25)21-10-6-3-7-11-21/h2-11,16-19,22-23,32H,12-15H2,1H3,(H,29,33)(H,30,31)/t19-,22-,23-,35?/m1/s1. The highest BCUT2D eigenvalue weighted by molar-refractivity contribution is 7.89. The van der Waals surface area contributed by atoms with Gasteiger partial charge in [0.05, 0.1) is 34.5 Å². The van der Waals surface area contributed by atoms with Crippen LogP contribution in [0.25, 0.3) is 22.4 Å². The number of nitrogens with one attached hydrogen (secondary N) is 3. The molecule has 1 amide bonds. The normalized spacial score (nSPS) is 19.8. The molecule has 5 rings (SSSR count). The third-order valence-corrected chi connectivity index (χ3v) is 7.98. The van der Waals surface area contributed by atoms with E-state index in [1.165, 1.54) is 0 Å². The van der Waals surface area contributed by atoms with Gasteiger partial charge in [-0.1, -0.05) is 60.7 Å². The predicted octanol–water partition coefficient (Wildman–Crippen LogP) is 5.28. The molecule has 7 heteroatoms. The van der Waals surface area contributed by atoms with Crippen LogP contribution in [0.4, 0.5) is 0 Å². The molecule has 2 atom stereocenters. The van der Waals surface area contributed by atoms with Gasteiger partial charge < -0.3 is 14.9 Å². The number of nitrogens with zero attached hydrogens (tertiary/aromatic N) is 1. The second-order valence-corrected chi connectivity index (χ2v) is 10.5. The average Bonchev–Trinajstić information content (AvgIpc) is 3.34. The number of hydrogen-bond donors (Lipinski definition) is 3. The molecule has 1 aromatic heterocycles. The molecule has 1 heterocycles. The molecular weight excluding hydrogens is 456 g/mol. The molecule has 3 N–H and O–H groups in total. The molecule has 1 aliphatic carbocycles. The van der Waals surface area contributed by atoms with Gasteiger partial charge >= 0.3 is 0 Å². The quantitative estimate of drug-likeness (QED) is 0.310. The fraction of sp³-hybridized carbons (Fsp3) is 0.286. The van der Waals surface area contributed by atoms with Gasteiger partial charge in [-0.05, 0) is 50.3 Å². The van der Waals surface area contributed by atoms with Crippen LogP contribution in [0, 0.1) is 5.92 Å². The summed E-state index contributed by atoms with van der Waals surface area (Å²) in [4.78, 5) is 21.5. The van der Waals surface area contributed by atoms with Gasteiger partial charge in [0.25, 0.3) is 0 Å². The van der Waals surface area contributed by atoms with Gasteiger partial charge in [-0.3, -0.25) is 4.79 Å². The van der Waals surface area contributed by atoms with Crippen LogP contribution in [0.1, 0.15) is 44.2 Å². The van der Waals surface area contributed by atoms with Crippen LogP contribution in [0.5, 0.6) is 0 Å². The van der Waals surface area contributed by atoms with Crippen LogP contribution >= 0.6 is 0 Å². The van der Waals surface area contributed by atoms with Crippen LogP contribution in [-0.2, 0) is 16.2 Å². The topological polar surface area (TPSA) is 92.9 Å². The Bertz CT molecular complexity index is 1270. The van der Waals surface area contributed by atoms with Crippen molar-refractivity contribution in [2.24, 2.45) is 5.92 Å². The lowest BCUT2D eigenvalue weighted by atomic mass is 9.85. The van der Waals surface area contributed by atoms with E-state index < -0.39 is 11.4 Å². The summed E-state index contributed by atoms with van der Waals surface area (Å²) in [7, 11) is 0. The van der Waals surface area contributed by atoms with Crippen LogP contribution < -0.4 is 10.0 Å². The maximum absolute atomic E-state index is 13.0. The van der Waals surface area contributed by atoms with Crippen molar-refractivity contribution in [2.75, 3.05) is 0 Å². The third kappa shape index (κ3) is 5.59. The molecule has 6 nitrogen and oxygen atoms in total. The zero-order valence-corrected chi connectivity index (χ0v) is 20.6. The smallest absolute Gasteiger partial charge is 0.223 e.